The fraction of sp³-hybridized carbons (Fsp3) is 0.143. The predicted octanol–water partition coefficient (Wildman–Crippen LogP) is 5.41. The van der Waals surface area contributed by atoms with Gasteiger partial charge in [0.05, 0.1) is 0 Å². The normalized spacial score (nSPS) is 12.4. The van der Waals surface area contributed by atoms with Gasteiger partial charge >= 0.3 is 0 Å². The summed E-state index contributed by atoms with van der Waals surface area (Å²) in [5.41, 5.74) is 1.10. The van der Waals surface area contributed by atoms with E-state index in [1.165, 1.54) is 18.2 Å². The van der Waals surface area contributed by atoms with Crippen LogP contribution in [0.1, 0.15) is 16.0 Å². The molecule has 18 heavy (non-hydrogen) atoms. The van der Waals surface area contributed by atoms with Gasteiger partial charge in [0, 0.05) is 14.9 Å². The Morgan fingerprint density at radius 2 is 1.50 bits per heavy atom. The maximum Gasteiger partial charge on any atom is 0.129 e. The molecule has 0 fully saturated rings. The van der Waals surface area contributed by atoms with Crippen LogP contribution < -0.4 is 0 Å². The van der Waals surface area contributed by atoms with Crippen LogP contribution in [0, 0.1) is 11.6 Å². The predicted molar refractivity (Wildman–Crippen MR) is 75.9 cm³/mol. The van der Waals surface area contributed by atoms with Gasteiger partial charge in [-0.15, -0.1) is 0 Å². The molecule has 2 rings (SSSR count). The lowest BCUT2D eigenvalue weighted by atomic mass is 10.0. The molecule has 1 atom stereocenters. The van der Waals surface area contributed by atoms with Gasteiger partial charge in [0.1, 0.15) is 11.6 Å². The molecule has 0 radical (unpaired) electrons. The van der Waals surface area contributed by atoms with Crippen molar-refractivity contribution < 1.29 is 8.78 Å². The maximum atomic E-state index is 13.5. The topological polar surface area (TPSA) is 0 Å². The number of hydrogen-bond donors (Lipinski definition) is 0. The minimum atomic E-state index is -0.503. The van der Waals surface area contributed by atoms with Gasteiger partial charge in [0.25, 0.3) is 0 Å². The molecule has 0 saturated heterocycles. The second-order valence-corrected chi connectivity index (χ2v) is 5.94. The van der Waals surface area contributed by atoms with Crippen LogP contribution in [0.15, 0.2) is 46.9 Å². The van der Waals surface area contributed by atoms with Gasteiger partial charge in [-0.1, -0.05) is 50.1 Å². The maximum absolute atomic E-state index is 13.5. The standard InChI is InChI=1S/C14H10Br2F2/c15-10-6-4-9(5-7-10)12(16)8-11-13(17)2-1-3-14(11)18/h1-7,12H,8H2. The zero-order valence-electron chi connectivity index (χ0n) is 9.34. The molecule has 2 aromatic carbocycles. The third kappa shape index (κ3) is 3.18. The zero-order valence-corrected chi connectivity index (χ0v) is 12.5. The number of benzene rings is 2. The molecule has 0 amide bonds. The molecule has 94 valence electrons. The summed E-state index contributed by atoms with van der Waals surface area (Å²) in [6, 6.07) is 11.6. The van der Waals surface area contributed by atoms with Crippen molar-refractivity contribution >= 4 is 31.9 Å². The average molecular weight is 376 g/mol. The van der Waals surface area contributed by atoms with Crippen molar-refractivity contribution in [2.75, 3.05) is 0 Å². The summed E-state index contributed by atoms with van der Waals surface area (Å²) < 4.78 is 28.0. The summed E-state index contributed by atoms with van der Waals surface area (Å²) in [6.45, 7) is 0. The quantitative estimate of drug-likeness (QED) is 0.629. The molecule has 0 aliphatic heterocycles. The molecular formula is C14H10Br2F2. The molecule has 1 unspecified atom stereocenters. The van der Waals surface area contributed by atoms with E-state index in [1.807, 2.05) is 24.3 Å². The van der Waals surface area contributed by atoms with Crippen LogP contribution in [0.25, 0.3) is 0 Å². The molecule has 0 aliphatic carbocycles. The van der Waals surface area contributed by atoms with Crippen LogP contribution >= 0.6 is 31.9 Å². The Morgan fingerprint density at radius 3 is 2.06 bits per heavy atom. The Labute approximate surface area is 121 Å². The molecule has 0 spiro atoms. The minimum absolute atomic E-state index is 0.113. The summed E-state index contributed by atoms with van der Waals surface area (Å²) in [6.07, 6.45) is 0.278. The molecule has 0 nitrogen and oxygen atoms in total. The van der Waals surface area contributed by atoms with Crippen molar-refractivity contribution in [3.63, 3.8) is 0 Å². The zero-order chi connectivity index (χ0) is 13.1. The third-order valence-electron chi connectivity index (χ3n) is 2.68. The lowest BCUT2D eigenvalue weighted by Crippen LogP contribution is -2.01. The molecule has 0 aliphatic rings. The molecular weight excluding hydrogens is 366 g/mol. The molecule has 0 bridgehead atoms. The molecule has 0 N–H and O–H groups in total. The Hall–Kier alpha value is -0.740. The molecule has 2 aromatic rings. The number of alkyl halides is 1. The average Bonchev–Trinajstić information content (AvgIpc) is 2.34. The molecule has 0 heterocycles. The minimum Gasteiger partial charge on any atom is -0.207 e. The van der Waals surface area contributed by atoms with Crippen LogP contribution in [0.5, 0.6) is 0 Å². The number of rotatable bonds is 3. The molecule has 0 aromatic heterocycles. The summed E-state index contributed by atoms with van der Waals surface area (Å²) in [7, 11) is 0. The summed E-state index contributed by atoms with van der Waals surface area (Å²) in [5, 5.41) is 0. The van der Waals surface area contributed by atoms with Crippen LogP contribution in [-0.4, -0.2) is 0 Å². The number of halogens is 4. The fourth-order valence-electron chi connectivity index (χ4n) is 1.70. The fourth-order valence-corrected chi connectivity index (χ4v) is 2.59. The van der Waals surface area contributed by atoms with E-state index in [9.17, 15) is 8.78 Å². The van der Waals surface area contributed by atoms with E-state index in [2.05, 4.69) is 31.9 Å². The van der Waals surface area contributed by atoms with Crippen molar-refractivity contribution in [3.8, 4) is 0 Å². The van der Waals surface area contributed by atoms with Gasteiger partial charge in [0.15, 0.2) is 0 Å². The second kappa shape index (κ2) is 5.93. The van der Waals surface area contributed by atoms with Crippen molar-refractivity contribution in [3.05, 3.63) is 69.7 Å². The van der Waals surface area contributed by atoms with Crippen LogP contribution in [-0.2, 0) is 6.42 Å². The van der Waals surface area contributed by atoms with Crippen molar-refractivity contribution in [2.45, 2.75) is 11.2 Å². The van der Waals surface area contributed by atoms with Gasteiger partial charge in [-0.3, -0.25) is 0 Å². The first-order chi connectivity index (χ1) is 8.58. The van der Waals surface area contributed by atoms with E-state index in [-0.39, 0.29) is 16.8 Å². The Kier molecular flexibility index (Phi) is 4.51. The van der Waals surface area contributed by atoms with Gasteiger partial charge in [-0.25, -0.2) is 8.78 Å². The van der Waals surface area contributed by atoms with E-state index in [0.717, 1.165) is 10.0 Å². The van der Waals surface area contributed by atoms with Crippen molar-refractivity contribution in [2.24, 2.45) is 0 Å². The lowest BCUT2D eigenvalue weighted by molar-refractivity contribution is 0.554. The van der Waals surface area contributed by atoms with Crippen LogP contribution in [0.4, 0.5) is 8.78 Å². The lowest BCUT2D eigenvalue weighted by Gasteiger charge is -2.11. The molecule has 4 heteroatoms. The van der Waals surface area contributed by atoms with Gasteiger partial charge < -0.3 is 0 Å². The van der Waals surface area contributed by atoms with Gasteiger partial charge in [-0.2, -0.15) is 0 Å². The first kappa shape index (κ1) is 13.7. The van der Waals surface area contributed by atoms with E-state index in [1.54, 1.807) is 0 Å². The third-order valence-corrected chi connectivity index (χ3v) is 4.06. The highest BCUT2D eigenvalue weighted by Gasteiger charge is 2.14. The van der Waals surface area contributed by atoms with E-state index >= 15 is 0 Å². The first-order valence-electron chi connectivity index (χ1n) is 5.40. The first-order valence-corrected chi connectivity index (χ1v) is 7.11. The monoisotopic (exact) mass is 374 g/mol. The SMILES string of the molecule is Fc1cccc(F)c1CC(Br)c1ccc(Br)cc1. The van der Waals surface area contributed by atoms with Crippen molar-refractivity contribution in [1.29, 1.82) is 0 Å². The van der Waals surface area contributed by atoms with Gasteiger partial charge in [0.2, 0.25) is 0 Å². The smallest absolute Gasteiger partial charge is 0.129 e. The summed E-state index contributed by atoms with van der Waals surface area (Å²) in [4.78, 5) is -0.114. The number of hydrogen-bond acceptors (Lipinski definition) is 0. The summed E-state index contributed by atoms with van der Waals surface area (Å²) in [5.74, 6) is -1.01. The summed E-state index contributed by atoms with van der Waals surface area (Å²) >= 11 is 6.82. The Bertz CT molecular complexity index is 518. The highest BCUT2D eigenvalue weighted by atomic mass is 79.9. The van der Waals surface area contributed by atoms with E-state index < -0.39 is 11.6 Å². The van der Waals surface area contributed by atoms with E-state index in [4.69, 9.17) is 0 Å². The Morgan fingerprint density at radius 1 is 0.944 bits per heavy atom. The Balaban J connectivity index is 2.21. The van der Waals surface area contributed by atoms with E-state index in [0.29, 0.717) is 0 Å². The highest BCUT2D eigenvalue weighted by Crippen LogP contribution is 2.29. The second-order valence-electron chi connectivity index (χ2n) is 3.92. The molecule has 0 saturated carbocycles. The largest absolute Gasteiger partial charge is 0.207 e. The van der Waals surface area contributed by atoms with Gasteiger partial charge in [-0.05, 0) is 36.2 Å². The van der Waals surface area contributed by atoms with Crippen LogP contribution in [0.3, 0.4) is 0 Å². The van der Waals surface area contributed by atoms with Crippen LogP contribution in [0.2, 0.25) is 0 Å². The highest BCUT2D eigenvalue weighted by molar-refractivity contribution is 9.10. The van der Waals surface area contributed by atoms with Crippen molar-refractivity contribution in [1.82, 2.24) is 0 Å².